The summed E-state index contributed by atoms with van der Waals surface area (Å²) in [6, 6.07) is 5.37. The van der Waals surface area contributed by atoms with Crippen LogP contribution in [0.25, 0.3) is 0 Å². The Bertz CT molecular complexity index is 639. The van der Waals surface area contributed by atoms with Gasteiger partial charge in [0.05, 0.1) is 11.8 Å². The predicted molar refractivity (Wildman–Crippen MR) is 85.0 cm³/mol. The Hall–Kier alpha value is -2.02. The maximum absolute atomic E-state index is 12.1. The van der Waals surface area contributed by atoms with E-state index in [2.05, 4.69) is 5.32 Å². The van der Waals surface area contributed by atoms with Crippen LogP contribution in [0.1, 0.15) is 11.1 Å². The maximum atomic E-state index is 12.1. The zero-order chi connectivity index (χ0) is 15.9. The molecule has 1 aromatic rings. The second-order valence-corrected chi connectivity index (χ2v) is 6.53. The molecule has 0 aromatic heterocycles. The van der Waals surface area contributed by atoms with Crippen LogP contribution in [0.3, 0.4) is 0 Å². The normalized spacial score (nSPS) is 18.6. The van der Waals surface area contributed by atoms with Gasteiger partial charge in [0.1, 0.15) is 0 Å². The van der Waals surface area contributed by atoms with E-state index < -0.39 is 0 Å². The average Bonchev–Trinajstić information content (AvgIpc) is 2.73. The fraction of sp³-hybridized carbons (Fsp3) is 0.400. The third-order valence-electron chi connectivity index (χ3n) is 4.06. The largest absolute Gasteiger partial charge is 0.321 e. The van der Waals surface area contributed by atoms with Crippen LogP contribution in [0.15, 0.2) is 18.2 Å². The number of amides is 4. The van der Waals surface area contributed by atoms with Gasteiger partial charge in [0.25, 0.3) is 5.24 Å². The number of aryl methyl sites for hydroxylation is 2. The van der Waals surface area contributed by atoms with Crippen molar-refractivity contribution in [2.75, 3.05) is 24.2 Å². The second kappa shape index (κ2) is 5.64. The quantitative estimate of drug-likeness (QED) is 0.907. The molecule has 0 aliphatic carbocycles. The minimum atomic E-state index is -0.204. The number of nitrogens with one attached hydrogen (secondary N) is 1. The number of hydrogen-bond donors (Lipinski definition) is 1. The minimum Gasteiger partial charge on any atom is -0.320 e. The SMILES string of the molecule is Cc1ccc(NC(=O)N2CC(N3C(=O)CSC3=O)C2)cc1C. The molecule has 2 aliphatic rings. The molecule has 2 heterocycles. The summed E-state index contributed by atoms with van der Waals surface area (Å²) in [5, 5.41) is 2.63. The van der Waals surface area contributed by atoms with E-state index in [1.807, 2.05) is 32.0 Å². The molecule has 0 spiro atoms. The van der Waals surface area contributed by atoms with Gasteiger partial charge in [-0.25, -0.2) is 4.79 Å². The molecule has 1 aromatic carbocycles. The standard InChI is InChI=1S/C15H17N3O3S/c1-9-3-4-11(5-10(9)2)16-14(20)17-6-12(7-17)18-13(19)8-22-15(18)21/h3-5,12H,6-8H2,1-2H3,(H,16,20). The molecular formula is C15H17N3O3S. The zero-order valence-corrected chi connectivity index (χ0v) is 13.3. The number of rotatable bonds is 2. The first-order valence-electron chi connectivity index (χ1n) is 7.07. The van der Waals surface area contributed by atoms with Crippen molar-refractivity contribution in [3.63, 3.8) is 0 Å². The molecule has 2 saturated heterocycles. The Kier molecular flexibility index (Phi) is 3.82. The molecule has 2 fully saturated rings. The smallest absolute Gasteiger partial charge is 0.320 e. The molecule has 0 bridgehead atoms. The highest BCUT2D eigenvalue weighted by Gasteiger charge is 2.43. The van der Waals surface area contributed by atoms with Gasteiger partial charge in [-0.05, 0) is 37.1 Å². The van der Waals surface area contributed by atoms with Gasteiger partial charge in [0, 0.05) is 18.8 Å². The van der Waals surface area contributed by atoms with Crippen molar-refractivity contribution in [1.82, 2.24) is 9.80 Å². The maximum Gasteiger partial charge on any atom is 0.321 e. The first-order valence-corrected chi connectivity index (χ1v) is 8.06. The molecule has 3 rings (SSSR count). The summed E-state index contributed by atoms with van der Waals surface area (Å²) in [6.07, 6.45) is 0. The van der Waals surface area contributed by atoms with Crippen molar-refractivity contribution >= 4 is 34.6 Å². The number of benzene rings is 1. The van der Waals surface area contributed by atoms with E-state index >= 15 is 0 Å². The van der Waals surface area contributed by atoms with Crippen molar-refractivity contribution in [2.45, 2.75) is 19.9 Å². The van der Waals surface area contributed by atoms with E-state index in [0.29, 0.717) is 13.1 Å². The zero-order valence-electron chi connectivity index (χ0n) is 12.5. The van der Waals surface area contributed by atoms with Crippen LogP contribution in [0.4, 0.5) is 15.3 Å². The van der Waals surface area contributed by atoms with Gasteiger partial charge in [-0.15, -0.1) is 0 Å². The number of carbonyl (C=O) groups is 3. The van der Waals surface area contributed by atoms with Crippen molar-refractivity contribution in [3.05, 3.63) is 29.3 Å². The molecule has 0 saturated carbocycles. The lowest BCUT2D eigenvalue weighted by Crippen LogP contribution is -2.62. The molecule has 0 unspecified atom stereocenters. The number of likely N-dealkylation sites (tertiary alicyclic amines) is 1. The topological polar surface area (TPSA) is 69.7 Å². The Labute approximate surface area is 132 Å². The van der Waals surface area contributed by atoms with E-state index in [0.717, 1.165) is 23.0 Å². The summed E-state index contributed by atoms with van der Waals surface area (Å²) < 4.78 is 0. The Morgan fingerprint density at radius 1 is 1.23 bits per heavy atom. The van der Waals surface area contributed by atoms with Crippen molar-refractivity contribution in [2.24, 2.45) is 0 Å². The lowest BCUT2D eigenvalue weighted by Gasteiger charge is -2.42. The summed E-state index contributed by atoms with van der Waals surface area (Å²) in [7, 11) is 0. The highest BCUT2D eigenvalue weighted by Crippen LogP contribution is 2.26. The molecule has 0 atom stereocenters. The lowest BCUT2D eigenvalue weighted by atomic mass is 10.1. The number of hydrogen-bond acceptors (Lipinski definition) is 4. The van der Waals surface area contributed by atoms with Gasteiger partial charge < -0.3 is 10.2 Å². The van der Waals surface area contributed by atoms with Crippen LogP contribution in [0.5, 0.6) is 0 Å². The molecule has 2 aliphatic heterocycles. The van der Waals surface area contributed by atoms with E-state index in [4.69, 9.17) is 0 Å². The Morgan fingerprint density at radius 3 is 2.55 bits per heavy atom. The number of thioether (sulfide) groups is 1. The highest BCUT2D eigenvalue weighted by atomic mass is 32.2. The van der Waals surface area contributed by atoms with Crippen molar-refractivity contribution in [1.29, 1.82) is 0 Å². The highest BCUT2D eigenvalue weighted by molar-refractivity contribution is 8.14. The summed E-state index contributed by atoms with van der Waals surface area (Å²) in [4.78, 5) is 38.2. The summed E-state index contributed by atoms with van der Waals surface area (Å²) in [6.45, 7) is 4.80. The van der Waals surface area contributed by atoms with Crippen molar-refractivity contribution in [3.8, 4) is 0 Å². The van der Waals surface area contributed by atoms with Gasteiger partial charge >= 0.3 is 6.03 Å². The molecule has 1 N–H and O–H groups in total. The molecule has 22 heavy (non-hydrogen) atoms. The fourth-order valence-electron chi connectivity index (χ4n) is 2.52. The fourth-order valence-corrected chi connectivity index (χ4v) is 3.30. The van der Waals surface area contributed by atoms with Crippen molar-refractivity contribution < 1.29 is 14.4 Å². The van der Waals surface area contributed by atoms with E-state index in [9.17, 15) is 14.4 Å². The van der Waals surface area contributed by atoms with E-state index in [1.54, 1.807) is 4.90 Å². The van der Waals surface area contributed by atoms with E-state index in [-0.39, 0.29) is 29.0 Å². The Balaban J connectivity index is 1.56. The van der Waals surface area contributed by atoms with E-state index in [1.165, 1.54) is 10.5 Å². The third-order valence-corrected chi connectivity index (χ3v) is 4.89. The van der Waals surface area contributed by atoms with Crippen LogP contribution < -0.4 is 5.32 Å². The Morgan fingerprint density at radius 2 is 1.95 bits per heavy atom. The minimum absolute atomic E-state index is 0.158. The van der Waals surface area contributed by atoms with Gasteiger partial charge in [-0.3, -0.25) is 14.5 Å². The lowest BCUT2D eigenvalue weighted by molar-refractivity contribution is -0.128. The first-order chi connectivity index (χ1) is 10.5. The molecule has 7 heteroatoms. The summed E-state index contributed by atoms with van der Waals surface area (Å²) in [5.41, 5.74) is 3.04. The van der Waals surface area contributed by atoms with Crippen LogP contribution in [0, 0.1) is 13.8 Å². The number of carbonyl (C=O) groups excluding carboxylic acids is 3. The summed E-state index contributed by atoms with van der Waals surface area (Å²) in [5.74, 6) is 0.0543. The molecule has 0 radical (unpaired) electrons. The van der Waals surface area contributed by atoms with Gasteiger partial charge in [-0.2, -0.15) is 0 Å². The van der Waals surface area contributed by atoms with Crippen LogP contribution in [-0.2, 0) is 4.79 Å². The molecule has 6 nitrogen and oxygen atoms in total. The van der Waals surface area contributed by atoms with Crippen LogP contribution >= 0.6 is 11.8 Å². The van der Waals surface area contributed by atoms with Crippen LogP contribution in [0.2, 0.25) is 0 Å². The third kappa shape index (κ3) is 2.68. The predicted octanol–water partition coefficient (Wildman–Crippen LogP) is 2.21. The summed E-state index contributed by atoms with van der Waals surface area (Å²) >= 11 is 1.02. The second-order valence-electron chi connectivity index (χ2n) is 5.61. The monoisotopic (exact) mass is 319 g/mol. The first kappa shape index (κ1) is 14.9. The number of nitrogens with zero attached hydrogens (tertiary/aromatic N) is 2. The van der Waals surface area contributed by atoms with Gasteiger partial charge in [-0.1, -0.05) is 17.8 Å². The van der Waals surface area contributed by atoms with Gasteiger partial charge in [0.2, 0.25) is 5.91 Å². The molecule has 4 amide bonds. The molecular weight excluding hydrogens is 302 g/mol. The average molecular weight is 319 g/mol. The molecule has 116 valence electrons. The van der Waals surface area contributed by atoms with Gasteiger partial charge in [0.15, 0.2) is 0 Å². The number of imide groups is 1. The number of urea groups is 1. The number of anilines is 1. The van der Waals surface area contributed by atoms with Crippen LogP contribution in [-0.4, -0.2) is 51.9 Å².